The van der Waals surface area contributed by atoms with Gasteiger partial charge in [0, 0.05) is 36.2 Å². The zero-order chi connectivity index (χ0) is 19.5. The number of nitrogens with zero attached hydrogens (tertiary/aromatic N) is 3. The summed E-state index contributed by atoms with van der Waals surface area (Å²) < 4.78 is 5.32. The molecule has 2 aromatic carbocycles. The first-order valence-electron chi connectivity index (χ1n) is 9.23. The molecule has 1 aliphatic heterocycles. The second kappa shape index (κ2) is 7.64. The molecule has 0 saturated carbocycles. The molecule has 142 valence electrons. The molecular formula is C21H20N4O3. The first-order valence-corrected chi connectivity index (χ1v) is 9.23. The fourth-order valence-electron chi connectivity index (χ4n) is 3.42. The minimum absolute atomic E-state index is 0.146. The summed E-state index contributed by atoms with van der Waals surface area (Å²) in [4.78, 5) is 29.9. The van der Waals surface area contributed by atoms with Crippen molar-refractivity contribution >= 4 is 17.5 Å². The monoisotopic (exact) mass is 376 g/mol. The van der Waals surface area contributed by atoms with Gasteiger partial charge in [0.25, 0.3) is 0 Å². The van der Waals surface area contributed by atoms with E-state index in [0.717, 1.165) is 12.1 Å². The van der Waals surface area contributed by atoms with E-state index in [2.05, 4.69) is 16.2 Å². The van der Waals surface area contributed by atoms with Crippen LogP contribution in [0.1, 0.15) is 34.7 Å². The summed E-state index contributed by atoms with van der Waals surface area (Å²) in [5.74, 6) is 0.556. The maximum Gasteiger partial charge on any atom is 0.248 e. The van der Waals surface area contributed by atoms with Crippen molar-refractivity contribution in [2.45, 2.75) is 25.7 Å². The van der Waals surface area contributed by atoms with Gasteiger partial charge in [-0.15, -0.1) is 0 Å². The minimum Gasteiger partial charge on any atom is -0.366 e. The van der Waals surface area contributed by atoms with Gasteiger partial charge in [-0.2, -0.15) is 4.98 Å². The standard InChI is InChI=1S/C21H20N4O3/c22-20(27)15-6-3-7-16(13-15)21-23-18(28-24-21)9-4-12-25-17-8-2-1-5-14(17)10-11-19(25)26/h1-3,5-8,13H,4,9-12H2,(H2,22,27). The molecule has 0 radical (unpaired) electrons. The van der Waals surface area contributed by atoms with Gasteiger partial charge in [0.05, 0.1) is 0 Å². The number of hydrogen-bond acceptors (Lipinski definition) is 5. The van der Waals surface area contributed by atoms with E-state index in [4.69, 9.17) is 10.3 Å². The van der Waals surface area contributed by atoms with Gasteiger partial charge in [-0.05, 0) is 36.6 Å². The van der Waals surface area contributed by atoms with Gasteiger partial charge in [0.1, 0.15) is 0 Å². The molecule has 3 aromatic rings. The summed E-state index contributed by atoms with van der Waals surface area (Å²) in [5.41, 5.74) is 8.58. The summed E-state index contributed by atoms with van der Waals surface area (Å²) in [5, 5.41) is 3.98. The highest BCUT2D eigenvalue weighted by Crippen LogP contribution is 2.27. The van der Waals surface area contributed by atoms with Gasteiger partial charge in [-0.1, -0.05) is 35.5 Å². The second-order valence-electron chi connectivity index (χ2n) is 6.73. The molecular weight excluding hydrogens is 356 g/mol. The Bertz CT molecular complexity index is 1030. The van der Waals surface area contributed by atoms with Crippen LogP contribution in [0.25, 0.3) is 11.4 Å². The van der Waals surface area contributed by atoms with E-state index >= 15 is 0 Å². The summed E-state index contributed by atoms with van der Waals surface area (Å²) in [6, 6.07) is 14.8. The Hall–Kier alpha value is -3.48. The first kappa shape index (κ1) is 17.9. The molecule has 2 amide bonds. The molecule has 0 bridgehead atoms. The number of hydrogen-bond donors (Lipinski definition) is 1. The van der Waals surface area contributed by atoms with E-state index in [-0.39, 0.29) is 5.91 Å². The van der Waals surface area contributed by atoms with E-state index in [1.807, 2.05) is 23.1 Å². The number of carbonyl (C=O) groups is 2. The van der Waals surface area contributed by atoms with Crippen molar-refractivity contribution in [2.24, 2.45) is 5.73 Å². The van der Waals surface area contributed by atoms with E-state index < -0.39 is 5.91 Å². The maximum absolute atomic E-state index is 12.3. The lowest BCUT2D eigenvalue weighted by molar-refractivity contribution is -0.118. The highest BCUT2D eigenvalue weighted by molar-refractivity contribution is 5.96. The minimum atomic E-state index is -0.503. The average molecular weight is 376 g/mol. The summed E-state index contributed by atoms with van der Waals surface area (Å²) >= 11 is 0. The molecule has 28 heavy (non-hydrogen) atoms. The van der Waals surface area contributed by atoms with Gasteiger partial charge in [0.2, 0.25) is 23.5 Å². The first-order chi connectivity index (χ1) is 13.6. The third-order valence-electron chi connectivity index (χ3n) is 4.84. The highest BCUT2D eigenvalue weighted by atomic mass is 16.5. The van der Waals surface area contributed by atoms with E-state index in [0.29, 0.717) is 48.6 Å². The van der Waals surface area contributed by atoms with Crippen molar-refractivity contribution in [3.05, 3.63) is 65.5 Å². The fourth-order valence-corrected chi connectivity index (χ4v) is 3.42. The van der Waals surface area contributed by atoms with Gasteiger partial charge in [-0.3, -0.25) is 9.59 Å². The number of amides is 2. The Kier molecular flexibility index (Phi) is 4.89. The number of aromatic nitrogens is 2. The van der Waals surface area contributed by atoms with Crippen molar-refractivity contribution < 1.29 is 14.1 Å². The lowest BCUT2D eigenvalue weighted by Gasteiger charge is -2.29. The predicted octanol–water partition coefficient (Wildman–Crippen LogP) is 2.75. The zero-order valence-electron chi connectivity index (χ0n) is 15.3. The van der Waals surface area contributed by atoms with Crippen LogP contribution in [0.4, 0.5) is 5.69 Å². The third-order valence-corrected chi connectivity index (χ3v) is 4.84. The van der Waals surface area contributed by atoms with Crippen LogP contribution < -0.4 is 10.6 Å². The summed E-state index contributed by atoms with van der Waals surface area (Å²) in [6.45, 7) is 0.602. The number of aryl methyl sites for hydroxylation is 2. The number of nitrogens with two attached hydrogens (primary N) is 1. The number of anilines is 1. The fraction of sp³-hybridized carbons (Fsp3) is 0.238. The molecule has 1 aromatic heterocycles. The van der Waals surface area contributed by atoms with Crippen LogP contribution in [0, 0.1) is 0 Å². The molecule has 1 aliphatic rings. The Morgan fingerprint density at radius 1 is 1.14 bits per heavy atom. The summed E-state index contributed by atoms with van der Waals surface area (Å²) in [6.07, 6.45) is 2.61. The van der Waals surface area contributed by atoms with E-state index in [1.165, 1.54) is 5.56 Å². The maximum atomic E-state index is 12.3. The zero-order valence-corrected chi connectivity index (χ0v) is 15.3. The molecule has 0 saturated heterocycles. The van der Waals surface area contributed by atoms with Crippen molar-refractivity contribution in [1.29, 1.82) is 0 Å². The molecule has 0 fully saturated rings. The molecule has 7 heteroatoms. The van der Waals surface area contributed by atoms with Crippen LogP contribution in [0.2, 0.25) is 0 Å². The van der Waals surface area contributed by atoms with Crippen LogP contribution >= 0.6 is 0 Å². The smallest absolute Gasteiger partial charge is 0.248 e. The van der Waals surface area contributed by atoms with Gasteiger partial charge < -0.3 is 15.2 Å². The molecule has 4 rings (SSSR count). The van der Waals surface area contributed by atoms with Gasteiger partial charge in [-0.25, -0.2) is 0 Å². The van der Waals surface area contributed by atoms with Crippen molar-refractivity contribution in [3.8, 4) is 11.4 Å². The van der Waals surface area contributed by atoms with Crippen LogP contribution in [0.15, 0.2) is 53.1 Å². The van der Waals surface area contributed by atoms with Crippen LogP contribution in [0.5, 0.6) is 0 Å². The van der Waals surface area contributed by atoms with Crippen LogP contribution in [0.3, 0.4) is 0 Å². The van der Waals surface area contributed by atoms with Crippen LogP contribution in [-0.2, 0) is 17.6 Å². The topological polar surface area (TPSA) is 102 Å². The Balaban J connectivity index is 1.41. The Labute approximate surface area is 162 Å². The number of carbonyl (C=O) groups excluding carboxylic acids is 2. The number of primary amides is 1. The quantitative estimate of drug-likeness (QED) is 0.713. The lowest BCUT2D eigenvalue weighted by atomic mass is 10.0. The van der Waals surface area contributed by atoms with Crippen molar-refractivity contribution in [1.82, 2.24) is 10.1 Å². The molecule has 2 heterocycles. The number of benzene rings is 2. The van der Waals surface area contributed by atoms with Crippen molar-refractivity contribution in [2.75, 3.05) is 11.4 Å². The molecule has 7 nitrogen and oxygen atoms in total. The van der Waals surface area contributed by atoms with Gasteiger partial charge in [0.15, 0.2) is 0 Å². The lowest BCUT2D eigenvalue weighted by Crippen LogP contribution is -2.36. The SMILES string of the molecule is NC(=O)c1cccc(-c2noc(CCCN3C(=O)CCc4ccccc43)n2)c1. The third kappa shape index (κ3) is 3.64. The van der Waals surface area contributed by atoms with E-state index in [1.54, 1.807) is 24.3 Å². The number of fused-ring (bicyclic) bond motifs is 1. The molecule has 0 atom stereocenters. The summed E-state index contributed by atoms with van der Waals surface area (Å²) in [7, 11) is 0. The van der Waals surface area contributed by atoms with Crippen LogP contribution in [-0.4, -0.2) is 28.5 Å². The average Bonchev–Trinajstić information content (AvgIpc) is 3.19. The molecule has 0 unspecified atom stereocenters. The molecule has 2 N–H and O–H groups in total. The number of rotatable bonds is 6. The van der Waals surface area contributed by atoms with E-state index in [9.17, 15) is 9.59 Å². The van der Waals surface area contributed by atoms with Gasteiger partial charge >= 0.3 is 0 Å². The molecule has 0 aliphatic carbocycles. The number of para-hydroxylation sites is 1. The largest absolute Gasteiger partial charge is 0.366 e. The Morgan fingerprint density at radius 2 is 2.00 bits per heavy atom. The Morgan fingerprint density at radius 3 is 2.86 bits per heavy atom. The van der Waals surface area contributed by atoms with Crippen molar-refractivity contribution in [3.63, 3.8) is 0 Å². The normalized spacial score (nSPS) is 13.4. The second-order valence-corrected chi connectivity index (χ2v) is 6.73. The highest BCUT2D eigenvalue weighted by Gasteiger charge is 2.23. The predicted molar refractivity (Wildman–Crippen MR) is 104 cm³/mol. The molecule has 0 spiro atoms.